The minimum Gasteiger partial charge on any atom is -0.478 e. The Balaban J connectivity index is 2.06. The first-order valence-corrected chi connectivity index (χ1v) is 9.91. The van der Waals surface area contributed by atoms with Crippen molar-refractivity contribution in [3.05, 3.63) is 58.0 Å². The molecule has 3 aromatic rings. The molecule has 0 aliphatic carbocycles. The lowest BCUT2D eigenvalue weighted by Crippen LogP contribution is -2.06. The van der Waals surface area contributed by atoms with Crippen LogP contribution in [0.3, 0.4) is 0 Å². The van der Waals surface area contributed by atoms with Gasteiger partial charge in [0, 0.05) is 14.6 Å². The fourth-order valence-electron chi connectivity index (χ4n) is 3.13. The van der Waals surface area contributed by atoms with Crippen molar-refractivity contribution in [1.82, 2.24) is 0 Å². The van der Waals surface area contributed by atoms with Crippen LogP contribution in [0.2, 0.25) is 0 Å². The summed E-state index contributed by atoms with van der Waals surface area (Å²) in [4.78, 5) is 25.9. The standard InChI is InChI=1S/C20H18O4S2/c1-3-11-12(4-2)14(19(21)22)6-5-13(11)15-7-8-16(25-15)17-9-10-18(26-17)20(23)24/h5-10H,3-4H2,1-2H3,(H,21,22)(H,23,24). The van der Waals surface area contributed by atoms with E-state index in [1.54, 1.807) is 23.5 Å². The number of hydrogen-bond acceptors (Lipinski definition) is 4. The molecule has 6 heteroatoms. The van der Waals surface area contributed by atoms with Crippen LogP contribution in [-0.4, -0.2) is 22.2 Å². The number of rotatable bonds is 6. The lowest BCUT2D eigenvalue weighted by molar-refractivity contribution is 0.0687. The van der Waals surface area contributed by atoms with E-state index in [0.29, 0.717) is 16.9 Å². The highest BCUT2D eigenvalue weighted by Crippen LogP contribution is 2.40. The Morgan fingerprint density at radius 3 is 1.96 bits per heavy atom. The molecule has 134 valence electrons. The highest BCUT2D eigenvalue weighted by Gasteiger charge is 2.18. The molecule has 0 amide bonds. The summed E-state index contributed by atoms with van der Waals surface area (Å²) in [5, 5.41) is 18.5. The topological polar surface area (TPSA) is 74.6 Å². The summed E-state index contributed by atoms with van der Waals surface area (Å²) in [7, 11) is 0. The largest absolute Gasteiger partial charge is 0.478 e. The fourth-order valence-corrected chi connectivity index (χ4v) is 5.13. The third-order valence-electron chi connectivity index (χ3n) is 4.30. The maximum Gasteiger partial charge on any atom is 0.345 e. The molecule has 0 saturated heterocycles. The van der Waals surface area contributed by atoms with Gasteiger partial charge < -0.3 is 10.2 Å². The molecule has 2 heterocycles. The highest BCUT2D eigenvalue weighted by atomic mass is 32.1. The molecule has 2 aromatic heterocycles. The van der Waals surface area contributed by atoms with Crippen molar-refractivity contribution in [2.45, 2.75) is 26.7 Å². The Morgan fingerprint density at radius 1 is 0.769 bits per heavy atom. The number of carbonyl (C=O) groups is 2. The molecule has 0 aliphatic heterocycles. The predicted molar refractivity (Wildman–Crippen MR) is 106 cm³/mol. The van der Waals surface area contributed by atoms with Gasteiger partial charge in [-0.3, -0.25) is 0 Å². The summed E-state index contributed by atoms with van der Waals surface area (Å²) >= 11 is 2.86. The van der Waals surface area contributed by atoms with Gasteiger partial charge in [0.25, 0.3) is 0 Å². The van der Waals surface area contributed by atoms with E-state index in [1.165, 1.54) is 11.3 Å². The van der Waals surface area contributed by atoms with Crippen molar-refractivity contribution in [2.75, 3.05) is 0 Å². The molecule has 0 spiro atoms. The molecule has 1 aromatic carbocycles. The van der Waals surface area contributed by atoms with Crippen molar-refractivity contribution in [2.24, 2.45) is 0 Å². The minimum absolute atomic E-state index is 0.322. The number of benzene rings is 1. The lowest BCUT2D eigenvalue weighted by Gasteiger charge is -2.14. The average Bonchev–Trinajstić information content (AvgIpc) is 3.29. The fraction of sp³-hybridized carbons (Fsp3) is 0.200. The van der Waals surface area contributed by atoms with Crippen LogP contribution in [0.1, 0.15) is 45.0 Å². The van der Waals surface area contributed by atoms with Gasteiger partial charge in [-0.1, -0.05) is 19.9 Å². The van der Waals surface area contributed by atoms with Crippen LogP contribution in [0.25, 0.3) is 20.2 Å². The Labute approximate surface area is 159 Å². The first-order valence-electron chi connectivity index (χ1n) is 8.28. The second-order valence-electron chi connectivity index (χ2n) is 5.76. The normalized spacial score (nSPS) is 10.8. The molecule has 0 aliphatic rings. The highest BCUT2D eigenvalue weighted by molar-refractivity contribution is 7.24. The summed E-state index contributed by atoms with van der Waals surface area (Å²) in [6.07, 6.45) is 1.43. The molecule has 0 bridgehead atoms. The maximum absolute atomic E-state index is 11.5. The summed E-state index contributed by atoms with van der Waals surface area (Å²) < 4.78 is 0. The quantitative estimate of drug-likeness (QED) is 0.573. The van der Waals surface area contributed by atoms with E-state index in [2.05, 4.69) is 0 Å². The Morgan fingerprint density at radius 2 is 1.38 bits per heavy atom. The molecular formula is C20H18O4S2. The average molecular weight is 386 g/mol. The van der Waals surface area contributed by atoms with Crippen molar-refractivity contribution in [3.63, 3.8) is 0 Å². The van der Waals surface area contributed by atoms with Gasteiger partial charge >= 0.3 is 11.9 Å². The molecule has 0 radical (unpaired) electrons. The Kier molecular flexibility index (Phi) is 5.25. The first kappa shape index (κ1) is 18.4. The van der Waals surface area contributed by atoms with Crippen LogP contribution in [0.15, 0.2) is 36.4 Å². The van der Waals surface area contributed by atoms with Crippen molar-refractivity contribution in [3.8, 4) is 20.2 Å². The monoisotopic (exact) mass is 386 g/mol. The summed E-state index contributed by atoms with van der Waals surface area (Å²) in [6.45, 7) is 4.01. The van der Waals surface area contributed by atoms with Crippen LogP contribution >= 0.6 is 22.7 Å². The second-order valence-corrected chi connectivity index (χ2v) is 7.93. The van der Waals surface area contributed by atoms with E-state index in [1.807, 2.05) is 38.1 Å². The van der Waals surface area contributed by atoms with Crippen LogP contribution < -0.4 is 0 Å². The molecular weight excluding hydrogens is 368 g/mol. The van der Waals surface area contributed by atoms with Crippen LogP contribution in [0.4, 0.5) is 0 Å². The summed E-state index contributed by atoms with van der Waals surface area (Å²) in [5.41, 5.74) is 3.38. The van der Waals surface area contributed by atoms with Gasteiger partial charge in [-0.05, 0) is 59.9 Å². The van der Waals surface area contributed by atoms with Crippen LogP contribution in [0, 0.1) is 0 Å². The maximum atomic E-state index is 11.5. The van der Waals surface area contributed by atoms with E-state index in [-0.39, 0.29) is 0 Å². The van der Waals surface area contributed by atoms with Gasteiger partial charge in [-0.25, -0.2) is 9.59 Å². The van der Waals surface area contributed by atoms with E-state index >= 15 is 0 Å². The van der Waals surface area contributed by atoms with E-state index < -0.39 is 11.9 Å². The van der Waals surface area contributed by atoms with Gasteiger partial charge in [0.2, 0.25) is 0 Å². The van der Waals surface area contributed by atoms with Gasteiger partial charge in [0.15, 0.2) is 0 Å². The molecule has 2 N–H and O–H groups in total. The number of hydrogen-bond donors (Lipinski definition) is 2. The van der Waals surface area contributed by atoms with Crippen molar-refractivity contribution < 1.29 is 19.8 Å². The van der Waals surface area contributed by atoms with E-state index in [4.69, 9.17) is 5.11 Å². The number of carboxylic acids is 2. The van der Waals surface area contributed by atoms with Crippen LogP contribution in [-0.2, 0) is 12.8 Å². The summed E-state index contributed by atoms with van der Waals surface area (Å²) in [5.74, 6) is -1.81. The second kappa shape index (κ2) is 7.43. The lowest BCUT2D eigenvalue weighted by atomic mass is 9.92. The molecule has 4 nitrogen and oxygen atoms in total. The number of aromatic carboxylic acids is 2. The zero-order valence-corrected chi connectivity index (χ0v) is 16.0. The van der Waals surface area contributed by atoms with Crippen molar-refractivity contribution in [1.29, 1.82) is 0 Å². The zero-order chi connectivity index (χ0) is 18.8. The van der Waals surface area contributed by atoms with Crippen LogP contribution in [0.5, 0.6) is 0 Å². The number of carboxylic acid groups (broad SMARTS) is 2. The molecule has 3 rings (SSSR count). The third kappa shape index (κ3) is 3.30. The van der Waals surface area contributed by atoms with Gasteiger partial charge in [0.1, 0.15) is 4.88 Å². The predicted octanol–water partition coefficient (Wildman–Crippen LogP) is 5.66. The SMILES string of the molecule is CCc1c(C(=O)O)ccc(-c2ccc(-c3ccc(C(=O)O)s3)s2)c1CC. The first-order chi connectivity index (χ1) is 12.5. The molecule has 0 saturated carbocycles. The van der Waals surface area contributed by atoms with E-state index in [9.17, 15) is 14.7 Å². The molecule has 26 heavy (non-hydrogen) atoms. The molecule has 0 fully saturated rings. The minimum atomic E-state index is -0.914. The molecule has 0 unspecified atom stereocenters. The zero-order valence-electron chi connectivity index (χ0n) is 14.4. The smallest absolute Gasteiger partial charge is 0.345 e. The van der Waals surface area contributed by atoms with Gasteiger partial charge in [0.05, 0.1) is 5.56 Å². The van der Waals surface area contributed by atoms with E-state index in [0.717, 1.165) is 37.7 Å². The van der Waals surface area contributed by atoms with Crippen molar-refractivity contribution >= 4 is 34.6 Å². The third-order valence-corrected chi connectivity index (χ3v) is 6.69. The number of thiophene rings is 2. The molecule has 0 atom stereocenters. The Bertz CT molecular complexity index is 982. The summed E-state index contributed by atoms with van der Waals surface area (Å²) in [6, 6.07) is 11.0. The Hall–Kier alpha value is -2.44. The van der Waals surface area contributed by atoms with Gasteiger partial charge in [-0.2, -0.15) is 0 Å². The van der Waals surface area contributed by atoms with Gasteiger partial charge in [-0.15, -0.1) is 22.7 Å².